The van der Waals surface area contributed by atoms with Gasteiger partial charge in [-0.25, -0.2) is 0 Å². The van der Waals surface area contributed by atoms with Crippen LogP contribution in [0, 0.1) is 6.92 Å². The number of carbonyl (C=O) groups excluding carboxylic acids is 1. The van der Waals surface area contributed by atoms with Gasteiger partial charge in [0.2, 0.25) is 0 Å². The summed E-state index contributed by atoms with van der Waals surface area (Å²) in [6, 6.07) is 5.31. The second-order valence-electron chi connectivity index (χ2n) is 3.65. The lowest BCUT2D eigenvalue weighted by molar-refractivity contribution is 0.102. The summed E-state index contributed by atoms with van der Waals surface area (Å²) in [6.45, 7) is 1.89. The molecule has 2 rings (SSSR count). The molecule has 0 spiro atoms. The van der Waals surface area contributed by atoms with E-state index in [4.69, 9.17) is 4.74 Å². The van der Waals surface area contributed by atoms with E-state index in [1.807, 2.05) is 6.92 Å². The maximum Gasteiger partial charge on any atom is 0.174 e. The highest BCUT2D eigenvalue weighted by atomic mass is 79.9. The van der Waals surface area contributed by atoms with E-state index in [0.29, 0.717) is 17.1 Å². The van der Waals surface area contributed by atoms with E-state index in [2.05, 4.69) is 26.1 Å². The molecule has 0 saturated heterocycles. The van der Waals surface area contributed by atoms with Crippen LogP contribution in [0.25, 0.3) is 0 Å². The third kappa shape index (κ3) is 3.77. The van der Waals surface area contributed by atoms with Gasteiger partial charge in [0.05, 0.1) is 17.3 Å². The number of benzene rings is 1. The molecule has 4 nitrogen and oxygen atoms in total. The lowest BCUT2D eigenvalue weighted by Crippen LogP contribution is -2.02. The molecule has 19 heavy (non-hydrogen) atoms. The molecule has 100 valence electrons. The third-order valence-corrected chi connectivity index (χ3v) is 4.90. The van der Waals surface area contributed by atoms with Gasteiger partial charge >= 0.3 is 0 Å². The molecule has 2 aromatic rings. The Hall–Kier alpha value is -0.920. The fraction of sp³-hybridized carbons (Fsp3) is 0.250. The van der Waals surface area contributed by atoms with Crippen LogP contribution in [-0.2, 0) is 0 Å². The van der Waals surface area contributed by atoms with Gasteiger partial charge in [-0.15, -0.1) is 10.2 Å². The van der Waals surface area contributed by atoms with Gasteiger partial charge in [0.25, 0.3) is 0 Å². The van der Waals surface area contributed by atoms with Gasteiger partial charge in [0, 0.05) is 5.56 Å². The zero-order valence-electron chi connectivity index (χ0n) is 10.3. The first-order valence-corrected chi connectivity index (χ1v) is 7.99. The van der Waals surface area contributed by atoms with Gasteiger partial charge in [0.15, 0.2) is 10.1 Å². The quantitative estimate of drug-likeness (QED) is 0.603. The number of aryl methyl sites for hydroxylation is 1. The van der Waals surface area contributed by atoms with Crippen LogP contribution in [0.3, 0.4) is 0 Å². The first kappa shape index (κ1) is 14.5. The molecule has 1 heterocycles. The van der Waals surface area contributed by atoms with E-state index < -0.39 is 0 Å². The van der Waals surface area contributed by atoms with E-state index in [0.717, 1.165) is 13.8 Å². The van der Waals surface area contributed by atoms with Crippen LogP contribution in [0.15, 0.2) is 27.0 Å². The maximum absolute atomic E-state index is 12.1. The minimum Gasteiger partial charge on any atom is -0.496 e. The molecule has 0 aliphatic heterocycles. The lowest BCUT2D eigenvalue weighted by Gasteiger charge is -2.05. The minimum absolute atomic E-state index is 0.0567. The molecular weight excluding hydrogens is 348 g/mol. The molecule has 0 saturated carbocycles. The Bertz CT molecular complexity index is 601. The maximum atomic E-state index is 12.1. The molecule has 1 aromatic heterocycles. The number of aromatic nitrogens is 2. The highest BCUT2D eigenvalue weighted by Gasteiger charge is 2.11. The number of carbonyl (C=O) groups is 1. The molecule has 0 amide bonds. The van der Waals surface area contributed by atoms with Gasteiger partial charge in [-0.05, 0) is 41.1 Å². The number of methoxy groups -OCH3 is 1. The van der Waals surface area contributed by atoms with Crippen LogP contribution in [0.1, 0.15) is 15.4 Å². The Morgan fingerprint density at radius 3 is 2.84 bits per heavy atom. The number of halogens is 1. The Morgan fingerprint density at radius 2 is 2.26 bits per heavy atom. The van der Waals surface area contributed by atoms with Crippen LogP contribution in [-0.4, -0.2) is 28.8 Å². The average molecular weight is 359 g/mol. The molecule has 0 N–H and O–H groups in total. The van der Waals surface area contributed by atoms with Gasteiger partial charge in [-0.1, -0.05) is 23.1 Å². The number of rotatable bonds is 5. The molecule has 0 radical (unpaired) electrons. The summed E-state index contributed by atoms with van der Waals surface area (Å²) in [4.78, 5) is 12.1. The van der Waals surface area contributed by atoms with E-state index in [1.54, 1.807) is 25.3 Å². The van der Waals surface area contributed by atoms with E-state index in [-0.39, 0.29) is 5.78 Å². The Morgan fingerprint density at radius 1 is 1.47 bits per heavy atom. The van der Waals surface area contributed by atoms with Crippen molar-refractivity contribution >= 4 is 44.8 Å². The monoisotopic (exact) mass is 358 g/mol. The summed E-state index contributed by atoms with van der Waals surface area (Å²) in [5.41, 5.74) is 0.654. The van der Waals surface area contributed by atoms with Crippen LogP contribution < -0.4 is 4.74 Å². The number of hydrogen-bond acceptors (Lipinski definition) is 6. The molecule has 0 aliphatic carbocycles. The van der Waals surface area contributed by atoms with Crippen molar-refractivity contribution in [2.45, 2.75) is 11.3 Å². The molecule has 0 atom stereocenters. The van der Waals surface area contributed by atoms with E-state index >= 15 is 0 Å². The fourth-order valence-electron chi connectivity index (χ4n) is 1.39. The van der Waals surface area contributed by atoms with Crippen LogP contribution in [0.5, 0.6) is 5.75 Å². The zero-order chi connectivity index (χ0) is 13.8. The molecule has 0 fully saturated rings. The van der Waals surface area contributed by atoms with Gasteiger partial charge in [-0.2, -0.15) is 0 Å². The minimum atomic E-state index is 0.0567. The number of hydrogen-bond donors (Lipinski definition) is 0. The standard InChI is InChI=1S/C12H11BrN2O2S2/c1-7-14-15-12(19-7)18-6-10(16)8-3-4-11(17-2)9(13)5-8/h3-5H,6H2,1-2H3. The second kappa shape index (κ2) is 6.49. The zero-order valence-corrected chi connectivity index (χ0v) is 13.6. The molecular formula is C12H11BrN2O2S2. The molecule has 0 aliphatic rings. The number of thioether (sulfide) groups is 1. The largest absolute Gasteiger partial charge is 0.496 e. The second-order valence-corrected chi connectivity index (χ2v) is 6.91. The van der Waals surface area contributed by atoms with Crippen molar-refractivity contribution in [1.82, 2.24) is 10.2 Å². The van der Waals surface area contributed by atoms with Crippen molar-refractivity contribution in [2.24, 2.45) is 0 Å². The van der Waals surface area contributed by atoms with Crippen molar-refractivity contribution < 1.29 is 9.53 Å². The highest BCUT2D eigenvalue weighted by molar-refractivity contribution is 9.10. The first-order chi connectivity index (χ1) is 9.10. The topological polar surface area (TPSA) is 52.1 Å². The van der Waals surface area contributed by atoms with Crippen molar-refractivity contribution in [3.05, 3.63) is 33.2 Å². The van der Waals surface area contributed by atoms with E-state index in [9.17, 15) is 4.79 Å². The summed E-state index contributed by atoms with van der Waals surface area (Å²) in [5.74, 6) is 1.12. The summed E-state index contributed by atoms with van der Waals surface area (Å²) in [5, 5.41) is 8.80. The molecule has 0 unspecified atom stereocenters. The van der Waals surface area contributed by atoms with Gasteiger partial charge in [-0.3, -0.25) is 4.79 Å². The van der Waals surface area contributed by atoms with Crippen LogP contribution in [0.4, 0.5) is 0 Å². The number of ketones is 1. The summed E-state index contributed by atoms with van der Waals surface area (Å²) >= 11 is 6.27. The summed E-state index contributed by atoms with van der Waals surface area (Å²) in [6.07, 6.45) is 0. The van der Waals surface area contributed by atoms with Crippen molar-refractivity contribution in [3.8, 4) is 5.75 Å². The predicted molar refractivity (Wildman–Crippen MR) is 80.4 cm³/mol. The number of Topliss-reactive ketones (excluding diaryl/α,β-unsaturated/α-hetero) is 1. The van der Waals surface area contributed by atoms with Crippen molar-refractivity contribution in [1.29, 1.82) is 0 Å². The van der Waals surface area contributed by atoms with E-state index in [1.165, 1.54) is 23.1 Å². The molecule has 0 bridgehead atoms. The Kier molecular flexibility index (Phi) is 4.95. The first-order valence-electron chi connectivity index (χ1n) is 5.40. The predicted octanol–water partition coefficient (Wildman–Crippen LogP) is 3.59. The van der Waals surface area contributed by atoms with Gasteiger partial charge in [0.1, 0.15) is 10.8 Å². The van der Waals surface area contributed by atoms with Crippen molar-refractivity contribution in [2.75, 3.05) is 12.9 Å². The molecule has 7 heteroatoms. The number of ether oxygens (including phenoxy) is 1. The normalized spacial score (nSPS) is 10.5. The third-order valence-electron chi connectivity index (χ3n) is 2.31. The SMILES string of the molecule is COc1ccc(C(=O)CSc2nnc(C)s2)cc1Br. The molecule has 1 aromatic carbocycles. The van der Waals surface area contributed by atoms with Crippen molar-refractivity contribution in [3.63, 3.8) is 0 Å². The Balaban J connectivity index is 2.01. The summed E-state index contributed by atoms with van der Waals surface area (Å²) < 4.78 is 6.73. The van der Waals surface area contributed by atoms with Crippen LogP contribution in [0.2, 0.25) is 0 Å². The highest BCUT2D eigenvalue weighted by Crippen LogP contribution is 2.27. The van der Waals surface area contributed by atoms with Gasteiger partial charge < -0.3 is 4.74 Å². The average Bonchev–Trinajstić information content (AvgIpc) is 2.81. The fourth-order valence-corrected chi connectivity index (χ4v) is 3.64. The lowest BCUT2D eigenvalue weighted by atomic mass is 10.1. The Labute approximate surface area is 127 Å². The number of nitrogens with zero attached hydrogens (tertiary/aromatic N) is 2. The van der Waals surface area contributed by atoms with Crippen LogP contribution >= 0.6 is 39.0 Å². The smallest absolute Gasteiger partial charge is 0.174 e. The summed E-state index contributed by atoms with van der Waals surface area (Å²) in [7, 11) is 1.59.